The number of rotatable bonds is 8. The van der Waals surface area contributed by atoms with E-state index in [0.29, 0.717) is 56.4 Å². The molecule has 0 bridgehead atoms. The number of anilines is 1. The van der Waals surface area contributed by atoms with Crippen LogP contribution in [0.4, 0.5) is 19.1 Å². The molecule has 0 amide bonds. The molecule has 0 aliphatic carbocycles. The Balaban J connectivity index is 1.37. The van der Waals surface area contributed by atoms with Gasteiger partial charge in [-0.15, -0.1) is 0 Å². The minimum atomic E-state index is -4.71. The van der Waals surface area contributed by atoms with Gasteiger partial charge in [-0.3, -0.25) is 0 Å². The Kier molecular flexibility index (Phi) is 8.82. The summed E-state index contributed by atoms with van der Waals surface area (Å²) in [6, 6.07) is 5.33. The lowest BCUT2D eigenvalue weighted by Crippen LogP contribution is -2.46. The number of hydrogen-bond donors (Lipinski definition) is 2. The van der Waals surface area contributed by atoms with Crippen LogP contribution in [0.1, 0.15) is 43.7 Å². The summed E-state index contributed by atoms with van der Waals surface area (Å²) in [5.41, 5.74) is -0.0207. The number of aromatic nitrogens is 4. The van der Waals surface area contributed by atoms with E-state index < -0.39 is 21.8 Å². The number of sulfonamides is 1. The van der Waals surface area contributed by atoms with Crippen LogP contribution in [0.25, 0.3) is 17.1 Å². The van der Waals surface area contributed by atoms with Gasteiger partial charge in [0.2, 0.25) is 16.0 Å². The van der Waals surface area contributed by atoms with E-state index in [1.54, 1.807) is 10.6 Å². The van der Waals surface area contributed by atoms with Crippen LogP contribution in [0.3, 0.4) is 0 Å². The minimum absolute atomic E-state index is 0.00832. The van der Waals surface area contributed by atoms with E-state index in [-0.39, 0.29) is 28.9 Å². The Bertz CT molecular complexity index is 1520. The molecule has 2 N–H and O–H groups in total. The molecule has 42 heavy (non-hydrogen) atoms. The van der Waals surface area contributed by atoms with Gasteiger partial charge in [0.1, 0.15) is 23.3 Å². The van der Waals surface area contributed by atoms with Crippen LogP contribution in [0, 0.1) is 0 Å². The second kappa shape index (κ2) is 12.1. The Hall–Kier alpha value is -2.78. The molecule has 0 spiro atoms. The fourth-order valence-electron chi connectivity index (χ4n) is 5.15. The highest BCUT2D eigenvalue weighted by molar-refractivity contribution is 7.88. The van der Waals surface area contributed by atoms with Gasteiger partial charge in [-0.25, -0.2) is 27.7 Å². The lowest BCUT2D eigenvalue weighted by molar-refractivity contribution is -0.137. The van der Waals surface area contributed by atoms with E-state index in [4.69, 9.17) is 16.3 Å². The molecule has 15 heteroatoms. The van der Waals surface area contributed by atoms with Crippen LogP contribution in [-0.2, 0) is 27.5 Å². The largest absolute Gasteiger partial charge is 0.420 e. The molecule has 10 nitrogen and oxygen atoms in total. The van der Waals surface area contributed by atoms with E-state index >= 15 is 0 Å². The van der Waals surface area contributed by atoms with Crippen molar-refractivity contribution in [3.8, 4) is 17.1 Å². The number of imidazole rings is 1. The van der Waals surface area contributed by atoms with Crippen molar-refractivity contribution >= 4 is 27.6 Å². The molecule has 0 radical (unpaired) electrons. The molecule has 0 saturated carbocycles. The molecular formula is C27H33ClF3N7O3S. The first-order chi connectivity index (χ1) is 19.8. The topological polar surface area (TPSA) is 114 Å². The zero-order valence-electron chi connectivity index (χ0n) is 23.3. The van der Waals surface area contributed by atoms with Gasteiger partial charge >= 0.3 is 6.18 Å². The normalized spacial score (nSPS) is 18.7. The number of hydrogen-bond acceptors (Lipinski definition) is 8. The van der Waals surface area contributed by atoms with Crippen LogP contribution in [0.15, 0.2) is 36.9 Å². The number of nitrogens with zero attached hydrogens (tertiary/aromatic N) is 5. The number of ether oxygens (including phenoxy) is 1. The Morgan fingerprint density at radius 2 is 1.88 bits per heavy atom. The molecule has 2 aromatic heterocycles. The quantitative estimate of drug-likeness (QED) is 0.375. The lowest BCUT2D eigenvalue weighted by Gasteiger charge is -2.34. The molecule has 2 aliphatic heterocycles. The average Bonchev–Trinajstić information content (AvgIpc) is 3.42. The van der Waals surface area contributed by atoms with Crippen molar-refractivity contribution in [3.63, 3.8) is 0 Å². The molecule has 2 aliphatic rings. The predicted octanol–water partition coefficient (Wildman–Crippen LogP) is 4.50. The summed E-state index contributed by atoms with van der Waals surface area (Å²) in [5.74, 6) is 0.0121. The van der Waals surface area contributed by atoms with E-state index in [9.17, 15) is 21.6 Å². The summed E-state index contributed by atoms with van der Waals surface area (Å²) < 4.78 is 73.9. The second-order valence-electron chi connectivity index (χ2n) is 11.0. The fraction of sp³-hybridized carbons (Fsp3) is 0.519. The smallest absolute Gasteiger partial charge is 0.381 e. The highest BCUT2D eigenvalue weighted by Gasteiger charge is 2.36. The molecule has 2 fully saturated rings. The van der Waals surface area contributed by atoms with Crippen molar-refractivity contribution in [2.45, 2.75) is 56.9 Å². The van der Waals surface area contributed by atoms with Gasteiger partial charge < -0.3 is 19.9 Å². The van der Waals surface area contributed by atoms with Crippen molar-refractivity contribution in [2.75, 3.05) is 37.9 Å². The van der Waals surface area contributed by atoms with Gasteiger partial charge in [-0.2, -0.15) is 13.2 Å². The summed E-state index contributed by atoms with van der Waals surface area (Å²) in [6.07, 6.45) is 2.76. The van der Waals surface area contributed by atoms with Gasteiger partial charge in [0.05, 0.1) is 17.0 Å². The maximum atomic E-state index is 14.0. The molecule has 228 valence electrons. The lowest BCUT2D eigenvalue weighted by atomic mass is 9.92. The highest BCUT2D eigenvalue weighted by Crippen LogP contribution is 2.36. The number of piperidine rings is 1. The first-order valence-corrected chi connectivity index (χ1v) is 15.9. The Morgan fingerprint density at radius 3 is 2.55 bits per heavy atom. The summed E-state index contributed by atoms with van der Waals surface area (Å²) in [4.78, 5) is 12.4. The number of nitrogens with one attached hydrogen (secondary N) is 2. The molecule has 0 unspecified atom stereocenters. The van der Waals surface area contributed by atoms with Crippen LogP contribution in [0.5, 0.6) is 0 Å². The number of alkyl halides is 3. The Morgan fingerprint density at radius 1 is 1.17 bits per heavy atom. The molecule has 0 atom stereocenters. The third kappa shape index (κ3) is 7.05. The van der Waals surface area contributed by atoms with E-state index in [0.717, 1.165) is 30.9 Å². The van der Waals surface area contributed by atoms with Crippen molar-refractivity contribution in [2.24, 2.45) is 0 Å². The molecule has 1 aromatic carbocycles. The third-order valence-corrected chi connectivity index (χ3v) is 9.55. The van der Waals surface area contributed by atoms with E-state index in [1.807, 2.05) is 12.1 Å². The van der Waals surface area contributed by atoms with Crippen molar-refractivity contribution < 1.29 is 26.3 Å². The zero-order chi connectivity index (χ0) is 30.1. The second-order valence-corrected chi connectivity index (χ2v) is 13.3. The van der Waals surface area contributed by atoms with Crippen LogP contribution < -0.4 is 10.6 Å². The average molecular weight is 628 g/mol. The van der Waals surface area contributed by atoms with Gasteiger partial charge in [0.25, 0.3) is 0 Å². The summed E-state index contributed by atoms with van der Waals surface area (Å²) in [6.45, 7) is 4.66. The van der Waals surface area contributed by atoms with Gasteiger partial charge in [-0.05, 0) is 44.2 Å². The zero-order valence-corrected chi connectivity index (χ0v) is 24.9. The third-order valence-electron chi connectivity index (χ3n) is 7.81. The molecular weight excluding hydrogens is 595 g/mol. The molecule has 3 aromatic rings. The molecule has 4 heterocycles. The number of halogens is 4. The first kappa shape index (κ1) is 30.7. The van der Waals surface area contributed by atoms with Crippen LogP contribution >= 0.6 is 11.6 Å². The first-order valence-electron chi connectivity index (χ1n) is 13.6. The minimum Gasteiger partial charge on any atom is -0.381 e. The highest BCUT2D eigenvalue weighted by atomic mass is 35.5. The number of benzene rings is 1. The van der Waals surface area contributed by atoms with Crippen molar-refractivity contribution in [1.82, 2.24) is 29.1 Å². The standard InChI is InChI=1S/C27H33ClF3N7O3S/c1-26(8-12-41-13-9-26)34-14-18-4-3-5-22(23(18)28)37-16-21(33-17-37)24-20(27(29,30)31)15-32-25(36-24)35-19-6-10-38(11-7-19)42(2,39)40/h3-5,15-17,19,34H,6-14H2,1-2H3,(H,32,35,36). The van der Waals surface area contributed by atoms with Crippen LogP contribution in [-0.4, -0.2) is 76.4 Å². The molecule has 5 rings (SSSR count). The fourth-order valence-corrected chi connectivity index (χ4v) is 6.32. The van der Waals surface area contributed by atoms with Crippen molar-refractivity contribution in [3.05, 3.63) is 53.1 Å². The monoisotopic (exact) mass is 627 g/mol. The van der Waals surface area contributed by atoms with E-state index in [2.05, 4.69) is 32.5 Å². The summed E-state index contributed by atoms with van der Waals surface area (Å²) in [5, 5.41) is 7.09. The summed E-state index contributed by atoms with van der Waals surface area (Å²) in [7, 11) is -3.30. The van der Waals surface area contributed by atoms with E-state index in [1.165, 1.54) is 16.8 Å². The maximum absolute atomic E-state index is 14.0. The van der Waals surface area contributed by atoms with Gasteiger partial charge in [0.15, 0.2) is 0 Å². The van der Waals surface area contributed by atoms with Gasteiger partial charge in [-0.1, -0.05) is 23.7 Å². The van der Waals surface area contributed by atoms with Crippen LogP contribution in [0.2, 0.25) is 5.02 Å². The summed E-state index contributed by atoms with van der Waals surface area (Å²) >= 11 is 6.77. The molecule has 2 saturated heterocycles. The van der Waals surface area contributed by atoms with Crippen molar-refractivity contribution in [1.29, 1.82) is 0 Å². The van der Waals surface area contributed by atoms with Gasteiger partial charge in [0, 0.05) is 56.8 Å². The SMILES string of the molecule is CC1(NCc2cccc(-n3cnc(-c4nc(NC5CCN(S(C)(=O)=O)CC5)ncc4C(F)(F)F)c3)c2Cl)CCOCC1. The Labute approximate surface area is 247 Å². The maximum Gasteiger partial charge on any atom is 0.420 e. The predicted molar refractivity (Wildman–Crippen MR) is 153 cm³/mol.